The van der Waals surface area contributed by atoms with Gasteiger partial charge in [-0.15, -0.1) is 5.10 Å². The van der Waals surface area contributed by atoms with Gasteiger partial charge in [-0.2, -0.15) is 9.90 Å². The van der Waals surface area contributed by atoms with Crippen LogP contribution >= 0.6 is 0 Å². The van der Waals surface area contributed by atoms with Gasteiger partial charge in [0.2, 0.25) is 11.9 Å². The second-order valence-corrected chi connectivity index (χ2v) is 3.49. The Kier molecular flexibility index (Phi) is 3.04. The summed E-state index contributed by atoms with van der Waals surface area (Å²) in [5, 5.41) is 10.2. The van der Waals surface area contributed by atoms with Crippen LogP contribution in [0.4, 0.5) is 11.8 Å². The molecule has 0 aliphatic rings. The fourth-order valence-electron chi connectivity index (χ4n) is 1.33. The van der Waals surface area contributed by atoms with E-state index in [0.717, 1.165) is 4.80 Å². The van der Waals surface area contributed by atoms with Crippen molar-refractivity contribution in [1.29, 1.82) is 0 Å². The number of hydrogen-bond donors (Lipinski definition) is 2. The molecule has 0 bridgehead atoms. The molecule has 0 radical (unpaired) electrons. The Labute approximate surface area is 102 Å². The van der Waals surface area contributed by atoms with Crippen LogP contribution in [0.5, 0.6) is 0 Å². The number of rotatable bonds is 3. The Balaban J connectivity index is 2.06. The summed E-state index contributed by atoms with van der Waals surface area (Å²) in [6, 6.07) is 0. The smallest absolute Gasteiger partial charge is 0.257 e. The van der Waals surface area contributed by atoms with Crippen LogP contribution in [0.25, 0.3) is 0 Å². The van der Waals surface area contributed by atoms with Crippen molar-refractivity contribution in [3.63, 3.8) is 0 Å². The first-order valence-electron chi connectivity index (χ1n) is 5.06. The number of aromatic nitrogens is 5. The van der Waals surface area contributed by atoms with Crippen LogP contribution in [-0.2, 0) is 11.3 Å². The summed E-state index contributed by atoms with van der Waals surface area (Å²) in [5.74, 6) is -0.189. The van der Waals surface area contributed by atoms with Gasteiger partial charge in [-0.3, -0.25) is 14.2 Å². The molecule has 0 atom stereocenters. The van der Waals surface area contributed by atoms with Crippen molar-refractivity contribution in [3.05, 3.63) is 18.6 Å². The Hall–Kier alpha value is -2.71. The van der Waals surface area contributed by atoms with Gasteiger partial charge < -0.3 is 11.1 Å². The second kappa shape index (κ2) is 4.65. The zero-order valence-corrected chi connectivity index (χ0v) is 9.57. The topological polar surface area (TPSA) is 121 Å². The van der Waals surface area contributed by atoms with Crippen LogP contribution in [0, 0.1) is 0 Å². The highest BCUT2D eigenvalue weighted by atomic mass is 16.2. The number of nitrogens with two attached hydrogens (primary N) is 1. The van der Waals surface area contributed by atoms with Gasteiger partial charge in [0.05, 0.1) is 6.20 Å². The summed E-state index contributed by atoms with van der Waals surface area (Å²) >= 11 is 0. The predicted molar refractivity (Wildman–Crippen MR) is 61.6 cm³/mol. The average Bonchev–Trinajstić information content (AvgIpc) is 2.87. The van der Waals surface area contributed by atoms with Crippen molar-refractivity contribution in [2.45, 2.75) is 13.5 Å². The third-order valence-corrected chi connectivity index (χ3v) is 2.06. The van der Waals surface area contributed by atoms with Crippen LogP contribution in [0.2, 0.25) is 0 Å². The molecule has 0 saturated carbocycles. The van der Waals surface area contributed by atoms with E-state index in [1.165, 1.54) is 30.1 Å². The van der Waals surface area contributed by atoms with Crippen LogP contribution in [0.15, 0.2) is 18.6 Å². The highest BCUT2D eigenvalue weighted by Crippen LogP contribution is 2.02. The highest BCUT2D eigenvalue weighted by molar-refractivity contribution is 5.87. The molecule has 2 aromatic rings. The fraction of sp³-hybridized carbons (Fsp3) is 0.222. The molecule has 2 heterocycles. The third kappa shape index (κ3) is 2.51. The number of nitrogens with one attached hydrogen (secondary N) is 1. The number of imidazole rings is 1. The zero-order chi connectivity index (χ0) is 13.1. The van der Waals surface area contributed by atoms with E-state index in [4.69, 9.17) is 5.73 Å². The Morgan fingerprint density at radius 2 is 2.28 bits per heavy atom. The van der Waals surface area contributed by atoms with Crippen LogP contribution in [0.3, 0.4) is 0 Å². The molecule has 9 nitrogen and oxygen atoms in total. The molecule has 0 spiro atoms. The largest absolute Gasteiger partial charge is 0.369 e. The first-order chi connectivity index (χ1) is 8.56. The van der Waals surface area contributed by atoms with Gasteiger partial charge in [-0.05, 0) is 0 Å². The van der Waals surface area contributed by atoms with Crippen LogP contribution in [-0.4, -0.2) is 36.4 Å². The number of anilines is 2. The third-order valence-electron chi connectivity index (χ3n) is 2.06. The van der Waals surface area contributed by atoms with Crippen molar-refractivity contribution < 1.29 is 9.59 Å². The molecule has 9 heteroatoms. The van der Waals surface area contributed by atoms with E-state index in [-0.39, 0.29) is 30.1 Å². The standard InChI is InChI=1S/C9H11N7O2/c1-6(17)13-7-4-12-16(14-7)5-8(18)15-3-2-11-9(15)10/h2-4H,5H2,1H3,(H2,10,11)(H,13,14,17). The lowest BCUT2D eigenvalue weighted by Crippen LogP contribution is -2.20. The van der Waals surface area contributed by atoms with E-state index in [1.807, 2.05) is 0 Å². The first kappa shape index (κ1) is 11.8. The minimum atomic E-state index is -0.324. The van der Waals surface area contributed by atoms with E-state index in [0.29, 0.717) is 0 Å². The summed E-state index contributed by atoms with van der Waals surface area (Å²) in [7, 11) is 0. The minimum Gasteiger partial charge on any atom is -0.369 e. The molecule has 94 valence electrons. The lowest BCUT2D eigenvalue weighted by Gasteiger charge is -2.02. The quantitative estimate of drug-likeness (QED) is 0.746. The Bertz CT molecular complexity index is 585. The minimum absolute atomic E-state index is 0.0971. The zero-order valence-electron chi connectivity index (χ0n) is 9.57. The van der Waals surface area contributed by atoms with Crippen molar-refractivity contribution in [1.82, 2.24) is 24.5 Å². The lowest BCUT2D eigenvalue weighted by atomic mass is 10.6. The summed E-state index contributed by atoms with van der Waals surface area (Å²) < 4.78 is 1.20. The van der Waals surface area contributed by atoms with Gasteiger partial charge in [0.25, 0.3) is 5.91 Å². The predicted octanol–water partition coefficient (Wildman–Crippen LogP) is -0.644. The number of hydrogen-bond acceptors (Lipinski definition) is 6. The number of nitrogen functional groups attached to an aromatic ring is 1. The molecule has 1 amide bonds. The lowest BCUT2D eigenvalue weighted by molar-refractivity contribution is -0.114. The molecule has 0 aliphatic carbocycles. The van der Waals surface area contributed by atoms with E-state index in [2.05, 4.69) is 20.5 Å². The first-order valence-corrected chi connectivity index (χ1v) is 5.06. The monoisotopic (exact) mass is 249 g/mol. The van der Waals surface area contributed by atoms with Gasteiger partial charge in [-0.1, -0.05) is 0 Å². The number of amides is 1. The van der Waals surface area contributed by atoms with E-state index < -0.39 is 0 Å². The number of carbonyl (C=O) groups is 2. The molecule has 0 fully saturated rings. The maximum absolute atomic E-state index is 11.8. The normalized spacial score (nSPS) is 10.3. The summed E-state index contributed by atoms with van der Waals surface area (Å²) in [6.45, 7) is 1.26. The van der Waals surface area contributed by atoms with Gasteiger partial charge in [0, 0.05) is 19.3 Å². The van der Waals surface area contributed by atoms with Gasteiger partial charge in [0.15, 0.2) is 5.82 Å². The molecule has 0 saturated heterocycles. The Morgan fingerprint density at radius 1 is 1.50 bits per heavy atom. The summed E-state index contributed by atoms with van der Waals surface area (Å²) in [5.41, 5.74) is 5.49. The van der Waals surface area contributed by atoms with Crippen molar-refractivity contribution in [2.75, 3.05) is 11.1 Å². The van der Waals surface area contributed by atoms with Crippen molar-refractivity contribution >= 4 is 23.6 Å². The van der Waals surface area contributed by atoms with Gasteiger partial charge in [0.1, 0.15) is 6.54 Å². The van der Waals surface area contributed by atoms with Crippen LogP contribution in [0.1, 0.15) is 11.7 Å². The van der Waals surface area contributed by atoms with Crippen molar-refractivity contribution in [2.24, 2.45) is 0 Å². The SMILES string of the molecule is CC(=O)Nc1cnn(CC(=O)n2ccnc2N)n1. The Morgan fingerprint density at radius 3 is 2.89 bits per heavy atom. The van der Waals surface area contributed by atoms with E-state index in [9.17, 15) is 9.59 Å². The maximum Gasteiger partial charge on any atom is 0.257 e. The molecule has 2 aromatic heterocycles. The van der Waals surface area contributed by atoms with Gasteiger partial charge >= 0.3 is 0 Å². The highest BCUT2D eigenvalue weighted by Gasteiger charge is 2.11. The molecule has 18 heavy (non-hydrogen) atoms. The molecule has 0 unspecified atom stereocenters. The average molecular weight is 249 g/mol. The van der Waals surface area contributed by atoms with Gasteiger partial charge in [-0.25, -0.2) is 4.98 Å². The maximum atomic E-state index is 11.8. The molecule has 0 aromatic carbocycles. The second-order valence-electron chi connectivity index (χ2n) is 3.49. The molecular weight excluding hydrogens is 238 g/mol. The number of nitrogens with zero attached hydrogens (tertiary/aromatic N) is 5. The molecule has 2 rings (SSSR count). The summed E-state index contributed by atoms with van der Waals surface area (Å²) in [6.07, 6.45) is 4.23. The fourth-order valence-corrected chi connectivity index (χ4v) is 1.33. The molecule has 3 N–H and O–H groups in total. The molecular formula is C9H11N7O2. The van der Waals surface area contributed by atoms with Crippen LogP contribution < -0.4 is 11.1 Å². The van der Waals surface area contributed by atoms with E-state index in [1.54, 1.807) is 0 Å². The number of carbonyl (C=O) groups excluding carboxylic acids is 2. The summed E-state index contributed by atoms with van der Waals surface area (Å²) in [4.78, 5) is 27.5. The van der Waals surface area contributed by atoms with Crippen molar-refractivity contribution in [3.8, 4) is 0 Å². The molecule has 0 aliphatic heterocycles. The van der Waals surface area contributed by atoms with E-state index >= 15 is 0 Å².